The molecule has 132 valence electrons. The number of alkyl halides is 2. The standard InChI is InChI=1S/C17H17F2N3O2S/c1-4-25(23,24)14-6-5-9-20-15(14)16-21-12-10-11(17(2,18)19)7-8-13(12)22(16)3/h5-10H,4H2,1-3H3. The third-order valence-corrected chi connectivity index (χ3v) is 5.84. The van der Waals surface area contributed by atoms with Gasteiger partial charge in [0, 0.05) is 25.7 Å². The lowest BCUT2D eigenvalue weighted by molar-refractivity contribution is 0.0176. The monoisotopic (exact) mass is 365 g/mol. The maximum Gasteiger partial charge on any atom is 0.270 e. The van der Waals surface area contributed by atoms with Crippen molar-refractivity contribution in [3.63, 3.8) is 0 Å². The number of pyridine rings is 1. The largest absolute Gasteiger partial charge is 0.326 e. The van der Waals surface area contributed by atoms with Crippen molar-refractivity contribution in [2.45, 2.75) is 24.7 Å². The van der Waals surface area contributed by atoms with Gasteiger partial charge in [-0.15, -0.1) is 0 Å². The Kier molecular flexibility index (Phi) is 4.10. The van der Waals surface area contributed by atoms with Gasteiger partial charge in [0.1, 0.15) is 5.69 Å². The SMILES string of the molecule is CCS(=O)(=O)c1cccnc1-c1nc2cc(C(C)(F)F)ccc2n1C. The summed E-state index contributed by atoms with van der Waals surface area (Å²) in [6.07, 6.45) is 1.48. The fourth-order valence-corrected chi connectivity index (χ4v) is 3.69. The summed E-state index contributed by atoms with van der Waals surface area (Å²) >= 11 is 0. The molecule has 0 saturated heterocycles. The molecule has 0 aliphatic carbocycles. The van der Waals surface area contributed by atoms with E-state index in [0.717, 1.165) is 6.92 Å². The number of halogens is 2. The molecular formula is C17H17F2N3O2S. The maximum atomic E-state index is 13.6. The average Bonchev–Trinajstić information content (AvgIpc) is 2.90. The predicted octanol–water partition coefficient (Wildman–Crippen LogP) is 3.54. The van der Waals surface area contributed by atoms with Gasteiger partial charge >= 0.3 is 0 Å². The number of imidazole rings is 1. The van der Waals surface area contributed by atoms with Gasteiger partial charge < -0.3 is 4.57 Å². The molecule has 0 spiro atoms. The second kappa shape index (κ2) is 5.87. The first kappa shape index (κ1) is 17.5. The lowest BCUT2D eigenvalue weighted by atomic mass is 10.1. The molecule has 2 aromatic heterocycles. The highest BCUT2D eigenvalue weighted by atomic mass is 32.2. The van der Waals surface area contributed by atoms with Crippen LogP contribution >= 0.6 is 0 Å². The minimum absolute atomic E-state index is 0.0676. The molecule has 5 nitrogen and oxygen atoms in total. The molecule has 1 aromatic carbocycles. The molecule has 8 heteroatoms. The molecule has 0 amide bonds. The minimum atomic E-state index is -3.50. The van der Waals surface area contributed by atoms with Crippen molar-refractivity contribution in [1.29, 1.82) is 0 Å². The summed E-state index contributed by atoms with van der Waals surface area (Å²) < 4.78 is 53.4. The number of nitrogens with zero attached hydrogens (tertiary/aromatic N) is 3. The van der Waals surface area contributed by atoms with E-state index < -0.39 is 15.8 Å². The number of sulfone groups is 1. The van der Waals surface area contributed by atoms with Crippen LogP contribution in [-0.4, -0.2) is 28.7 Å². The Balaban J connectivity index is 2.26. The number of hydrogen-bond donors (Lipinski definition) is 0. The highest BCUT2D eigenvalue weighted by molar-refractivity contribution is 7.91. The van der Waals surface area contributed by atoms with Crippen LogP contribution in [0, 0.1) is 0 Å². The van der Waals surface area contributed by atoms with Gasteiger partial charge in [-0.25, -0.2) is 22.2 Å². The van der Waals surface area contributed by atoms with Crippen molar-refractivity contribution in [3.05, 3.63) is 42.1 Å². The van der Waals surface area contributed by atoms with E-state index in [2.05, 4.69) is 9.97 Å². The number of aromatic nitrogens is 3. The zero-order valence-corrected chi connectivity index (χ0v) is 14.8. The van der Waals surface area contributed by atoms with Crippen LogP contribution in [0.3, 0.4) is 0 Å². The quantitative estimate of drug-likeness (QED) is 0.709. The number of benzene rings is 1. The lowest BCUT2D eigenvalue weighted by Crippen LogP contribution is -2.08. The summed E-state index contributed by atoms with van der Waals surface area (Å²) in [4.78, 5) is 8.63. The van der Waals surface area contributed by atoms with Gasteiger partial charge in [0.15, 0.2) is 15.7 Å². The summed E-state index contributed by atoms with van der Waals surface area (Å²) in [5.74, 6) is -2.73. The zero-order valence-electron chi connectivity index (χ0n) is 14.0. The summed E-state index contributed by atoms with van der Waals surface area (Å²) in [7, 11) is -1.80. The van der Waals surface area contributed by atoms with Crippen molar-refractivity contribution in [2.75, 3.05) is 5.75 Å². The molecule has 0 saturated carbocycles. The molecule has 3 rings (SSSR count). The van der Waals surface area contributed by atoms with E-state index in [-0.39, 0.29) is 21.9 Å². The molecular weight excluding hydrogens is 348 g/mol. The van der Waals surface area contributed by atoms with Gasteiger partial charge in [-0.05, 0) is 24.3 Å². The van der Waals surface area contributed by atoms with Gasteiger partial charge in [-0.1, -0.05) is 13.0 Å². The van der Waals surface area contributed by atoms with Gasteiger partial charge in [0.05, 0.1) is 21.7 Å². The topological polar surface area (TPSA) is 64.8 Å². The lowest BCUT2D eigenvalue weighted by Gasteiger charge is -2.10. The summed E-state index contributed by atoms with van der Waals surface area (Å²) in [5, 5.41) is 0. The van der Waals surface area contributed by atoms with E-state index in [1.165, 1.54) is 24.4 Å². The van der Waals surface area contributed by atoms with Gasteiger partial charge in [0.25, 0.3) is 5.92 Å². The van der Waals surface area contributed by atoms with Crippen molar-refractivity contribution < 1.29 is 17.2 Å². The summed E-state index contributed by atoms with van der Waals surface area (Å²) in [5.41, 5.74) is 1.05. The number of hydrogen-bond acceptors (Lipinski definition) is 4. The predicted molar refractivity (Wildman–Crippen MR) is 91.2 cm³/mol. The Labute approximate surface area is 144 Å². The van der Waals surface area contributed by atoms with E-state index in [1.54, 1.807) is 30.7 Å². The van der Waals surface area contributed by atoms with Crippen molar-refractivity contribution in [2.24, 2.45) is 7.05 Å². The number of aryl methyl sites for hydroxylation is 1. The first-order chi connectivity index (χ1) is 11.6. The Morgan fingerprint density at radius 3 is 2.60 bits per heavy atom. The van der Waals surface area contributed by atoms with E-state index >= 15 is 0 Å². The molecule has 2 heterocycles. The average molecular weight is 365 g/mol. The van der Waals surface area contributed by atoms with E-state index in [9.17, 15) is 17.2 Å². The van der Waals surface area contributed by atoms with Crippen molar-refractivity contribution in [1.82, 2.24) is 14.5 Å². The van der Waals surface area contributed by atoms with Gasteiger partial charge in [-0.2, -0.15) is 0 Å². The Morgan fingerprint density at radius 1 is 1.24 bits per heavy atom. The Bertz CT molecular complexity index is 1050. The Morgan fingerprint density at radius 2 is 1.96 bits per heavy atom. The summed E-state index contributed by atoms with van der Waals surface area (Å²) in [6.45, 7) is 2.37. The van der Waals surface area contributed by atoms with Crippen LogP contribution in [0.15, 0.2) is 41.4 Å². The van der Waals surface area contributed by atoms with Crippen LogP contribution in [0.4, 0.5) is 8.78 Å². The first-order valence-corrected chi connectivity index (χ1v) is 9.33. The fourth-order valence-electron chi connectivity index (χ4n) is 2.65. The molecule has 0 bridgehead atoms. The third-order valence-electron chi connectivity index (χ3n) is 4.09. The minimum Gasteiger partial charge on any atom is -0.326 e. The number of fused-ring (bicyclic) bond motifs is 1. The van der Waals surface area contributed by atoms with Crippen LogP contribution in [-0.2, 0) is 22.8 Å². The van der Waals surface area contributed by atoms with E-state index in [0.29, 0.717) is 16.9 Å². The van der Waals surface area contributed by atoms with Crippen LogP contribution in [0.5, 0.6) is 0 Å². The molecule has 0 aliphatic rings. The molecule has 0 unspecified atom stereocenters. The van der Waals surface area contributed by atoms with Crippen LogP contribution in [0.1, 0.15) is 19.4 Å². The molecule has 25 heavy (non-hydrogen) atoms. The molecule has 3 aromatic rings. The summed E-state index contributed by atoms with van der Waals surface area (Å²) in [6, 6.07) is 7.23. The Hall–Kier alpha value is -2.35. The maximum absolute atomic E-state index is 13.6. The van der Waals surface area contributed by atoms with E-state index in [1.807, 2.05) is 0 Å². The molecule has 0 fully saturated rings. The zero-order chi connectivity index (χ0) is 18.4. The van der Waals surface area contributed by atoms with E-state index in [4.69, 9.17) is 0 Å². The fraction of sp³-hybridized carbons (Fsp3) is 0.294. The normalized spacial score (nSPS) is 12.7. The highest BCUT2D eigenvalue weighted by Gasteiger charge is 2.26. The smallest absolute Gasteiger partial charge is 0.270 e. The van der Waals surface area contributed by atoms with Crippen molar-refractivity contribution in [3.8, 4) is 11.5 Å². The highest BCUT2D eigenvalue weighted by Crippen LogP contribution is 2.32. The molecule has 0 radical (unpaired) electrons. The van der Waals surface area contributed by atoms with Crippen LogP contribution < -0.4 is 0 Å². The number of rotatable bonds is 4. The third kappa shape index (κ3) is 3.02. The van der Waals surface area contributed by atoms with Crippen LogP contribution in [0.2, 0.25) is 0 Å². The molecule has 0 N–H and O–H groups in total. The first-order valence-electron chi connectivity index (χ1n) is 7.68. The van der Waals surface area contributed by atoms with Gasteiger partial charge in [-0.3, -0.25) is 4.98 Å². The van der Waals surface area contributed by atoms with Crippen LogP contribution in [0.25, 0.3) is 22.6 Å². The van der Waals surface area contributed by atoms with Crippen molar-refractivity contribution >= 4 is 20.9 Å². The van der Waals surface area contributed by atoms with Gasteiger partial charge in [0.2, 0.25) is 0 Å². The molecule has 0 aliphatic heterocycles. The second-order valence-corrected chi connectivity index (χ2v) is 8.09. The second-order valence-electron chi connectivity index (χ2n) is 5.84. The molecule has 0 atom stereocenters.